The lowest BCUT2D eigenvalue weighted by Crippen LogP contribution is -2.31. The number of carboxylic acids is 1. The zero-order valence-corrected chi connectivity index (χ0v) is 11.8. The predicted octanol–water partition coefficient (Wildman–Crippen LogP) is 2.62. The lowest BCUT2D eigenvalue weighted by molar-refractivity contribution is -0.148. The summed E-state index contributed by atoms with van der Waals surface area (Å²) in [6.07, 6.45) is 5.44. The van der Waals surface area contributed by atoms with Gasteiger partial charge in [0.15, 0.2) is 0 Å². The van der Waals surface area contributed by atoms with Crippen LogP contribution in [0.25, 0.3) is 11.0 Å². The molecule has 0 aliphatic carbocycles. The number of carbonyl (C=O) groups is 1. The van der Waals surface area contributed by atoms with Gasteiger partial charge in [0.2, 0.25) is 0 Å². The molecule has 5 nitrogen and oxygen atoms in total. The van der Waals surface area contributed by atoms with Gasteiger partial charge in [-0.25, -0.2) is 4.57 Å². The van der Waals surface area contributed by atoms with Crippen molar-refractivity contribution in [1.82, 2.24) is 9.55 Å². The quantitative estimate of drug-likeness (QED) is 0.880. The highest BCUT2D eigenvalue weighted by Gasteiger charge is 2.29. The zero-order valence-electron chi connectivity index (χ0n) is 11.1. The van der Waals surface area contributed by atoms with Gasteiger partial charge in [0.05, 0.1) is 16.4 Å². The Labute approximate surface area is 121 Å². The van der Waals surface area contributed by atoms with Crippen LogP contribution < -0.4 is 4.74 Å². The fourth-order valence-electron chi connectivity index (χ4n) is 1.55. The number of rotatable bonds is 4. The molecule has 1 heterocycles. The molecule has 0 saturated heterocycles. The second kappa shape index (κ2) is 5.06. The average Bonchev–Trinajstić information content (AvgIpc) is 2.73. The van der Waals surface area contributed by atoms with Gasteiger partial charge in [-0.15, -0.1) is 0 Å². The molecule has 0 bridgehead atoms. The summed E-state index contributed by atoms with van der Waals surface area (Å²) in [5.41, 5.74) is 0.244. The van der Waals surface area contributed by atoms with Crippen LogP contribution in [0, 0.1) is 17.9 Å². The van der Waals surface area contributed by atoms with E-state index in [0.717, 1.165) is 0 Å². The van der Waals surface area contributed by atoms with Crippen molar-refractivity contribution in [2.75, 3.05) is 6.61 Å². The van der Waals surface area contributed by atoms with Gasteiger partial charge in [-0.1, -0.05) is 18.0 Å². The van der Waals surface area contributed by atoms with Crippen LogP contribution in [0.2, 0.25) is 5.02 Å². The molecule has 20 heavy (non-hydrogen) atoms. The molecule has 0 amide bonds. The number of terminal acetylenes is 1. The number of nitrogens with zero attached hydrogens (tertiary/aromatic N) is 2. The maximum absolute atomic E-state index is 11.0. The van der Waals surface area contributed by atoms with Gasteiger partial charge in [-0.05, 0) is 32.0 Å². The minimum Gasteiger partial charge on any atom is -0.481 e. The average molecular weight is 293 g/mol. The van der Waals surface area contributed by atoms with Crippen LogP contribution in [0.4, 0.5) is 0 Å². The van der Waals surface area contributed by atoms with Gasteiger partial charge < -0.3 is 9.84 Å². The van der Waals surface area contributed by atoms with Crippen LogP contribution in [0.5, 0.6) is 6.01 Å². The van der Waals surface area contributed by atoms with E-state index >= 15 is 0 Å². The first-order valence-electron chi connectivity index (χ1n) is 5.86. The third-order valence-corrected chi connectivity index (χ3v) is 3.09. The molecule has 0 unspecified atom stereocenters. The lowest BCUT2D eigenvalue weighted by atomic mass is 9.95. The Kier molecular flexibility index (Phi) is 3.60. The molecule has 0 aliphatic rings. The molecular weight excluding hydrogens is 280 g/mol. The molecule has 0 spiro atoms. The van der Waals surface area contributed by atoms with Gasteiger partial charge in [-0.3, -0.25) is 4.79 Å². The van der Waals surface area contributed by atoms with Gasteiger partial charge in [0.25, 0.3) is 0 Å². The SMILES string of the molecule is C#Cn1c(OCC(C)(C)C(=O)O)nc2ccc(Cl)cc21. The van der Waals surface area contributed by atoms with E-state index in [1.54, 1.807) is 32.0 Å². The van der Waals surface area contributed by atoms with E-state index in [1.165, 1.54) is 4.57 Å². The molecule has 0 fully saturated rings. The predicted molar refractivity (Wildman–Crippen MR) is 75.9 cm³/mol. The van der Waals surface area contributed by atoms with Gasteiger partial charge >= 0.3 is 12.0 Å². The number of hydrogen-bond acceptors (Lipinski definition) is 3. The summed E-state index contributed by atoms with van der Waals surface area (Å²) < 4.78 is 6.87. The van der Waals surface area contributed by atoms with Crippen molar-refractivity contribution >= 4 is 28.6 Å². The number of hydrogen-bond donors (Lipinski definition) is 1. The minimum atomic E-state index is -1.03. The molecule has 104 valence electrons. The normalized spacial score (nSPS) is 11.3. The standard InChI is InChI=1S/C14H13ClN2O3/c1-4-17-11-7-9(15)5-6-10(11)16-13(17)20-8-14(2,3)12(18)19/h1,5-7H,8H2,2-3H3,(H,18,19). The summed E-state index contributed by atoms with van der Waals surface area (Å²) in [6.45, 7) is 3.09. The molecule has 6 heteroatoms. The number of carboxylic acid groups (broad SMARTS) is 1. The Hall–Kier alpha value is -2.19. The molecule has 1 aromatic carbocycles. The van der Waals surface area contributed by atoms with Crippen LogP contribution in [0.1, 0.15) is 13.8 Å². The largest absolute Gasteiger partial charge is 0.481 e. The number of fused-ring (bicyclic) bond motifs is 1. The molecule has 1 aromatic heterocycles. The lowest BCUT2D eigenvalue weighted by Gasteiger charge is -2.18. The first-order valence-corrected chi connectivity index (χ1v) is 6.24. The van der Waals surface area contributed by atoms with Crippen molar-refractivity contribution in [2.24, 2.45) is 5.41 Å². The minimum absolute atomic E-state index is 0.0406. The number of aliphatic carboxylic acids is 1. The fraction of sp³-hybridized carbons (Fsp3) is 0.286. The number of ether oxygens (including phenoxy) is 1. The van der Waals surface area contributed by atoms with Crippen molar-refractivity contribution in [3.8, 4) is 18.5 Å². The summed E-state index contributed by atoms with van der Waals surface area (Å²) >= 11 is 5.92. The summed E-state index contributed by atoms with van der Waals surface area (Å²) in [5, 5.41) is 9.59. The van der Waals surface area contributed by atoms with E-state index in [9.17, 15) is 4.79 Å². The van der Waals surface area contributed by atoms with Crippen molar-refractivity contribution in [3.63, 3.8) is 0 Å². The summed E-state index contributed by atoms with van der Waals surface area (Å²) in [7, 11) is 0. The number of halogens is 1. The first-order chi connectivity index (χ1) is 9.35. The van der Waals surface area contributed by atoms with Gasteiger partial charge in [-0.2, -0.15) is 4.98 Å². The summed E-state index contributed by atoms with van der Waals surface area (Å²) in [4.78, 5) is 15.3. The maximum atomic E-state index is 11.0. The van der Waals surface area contributed by atoms with Gasteiger partial charge in [0.1, 0.15) is 6.61 Å². The Morgan fingerprint density at radius 3 is 2.90 bits per heavy atom. The highest BCUT2D eigenvalue weighted by Crippen LogP contribution is 2.25. The third-order valence-electron chi connectivity index (χ3n) is 2.86. The van der Waals surface area contributed by atoms with E-state index in [0.29, 0.717) is 16.1 Å². The number of benzene rings is 1. The highest BCUT2D eigenvalue weighted by atomic mass is 35.5. The van der Waals surface area contributed by atoms with Crippen LogP contribution in [0.3, 0.4) is 0 Å². The van der Waals surface area contributed by atoms with Gasteiger partial charge in [0, 0.05) is 11.1 Å². The molecule has 0 radical (unpaired) electrons. The Balaban J connectivity index is 2.36. The molecule has 0 aliphatic heterocycles. The van der Waals surface area contributed by atoms with E-state index in [2.05, 4.69) is 11.0 Å². The van der Waals surface area contributed by atoms with Crippen molar-refractivity contribution in [3.05, 3.63) is 23.2 Å². The number of aromatic nitrogens is 2. The maximum Gasteiger partial charge on any atom is 0.312 e. The fourth-order valence-corrected chi connectivity index (χ4v) is 1.72. The van der Waals surface area contributed by atoms with E-state index < -0.39 is 11.4 Å². The van der Waals surface area contributed by atoms with E-state index in [4.69, 9.17) is 27.9 Å². The topological polar surface area (TPSA) is 64.3 Å². The Bertz CT molecular complexity index is 713. The second-order valence-corrected chi connectivity index (χ2v) is 5.41. The Morgan fingerprint density at radius 1 is 1.60 bits per heavy atom. The molecule has 2 aromatic rings. The van der Waals surface area contributed by atoms with Crippen LogP contribution >= 0.6 is 11.6 Å². The molecule has 2 rings (SSSR count). The van der Waals surface area contributed by atoms with Crippen molar-refractivity contribution in [1.29, 1.82) is 0 Å². The van der Waals surface area contributed by atoms with Crippen molar-refractivity contribution < 1.29 is 14.6 Å². The molecule has 1 N–H and O–H groups in total. The number of imidazole rings is 1. The van der Waals surface area contributed by atoms with Crippen LogP contribution in [-0.2, 0) is 4.79 Å². The zero-order chi connectivity index (χ0) is 14.9. The summed E-state index contributed by atoms with van der Waals surface area (Å²) in [6, 6.07) is 7.71. The second-order valence-electron chi connectivity index (χ2n) is 4.97. The van der Waals surface area contributed by atoms with Crippen molar-refractivity contribution in [2.45, 2.75) is 13.8 Å². The Morgan fingerprint density at radius 2 is 2.30 bits per heavy atom. The molecular formula is C14H13ClN2O3. The first kappa shape index (κ1) is 14.2. The van der Waals surface area contributed by atoms with E-state index in [1.807, 2.05) is 0 Å². The highest BCUT2D eigenvalue weighted by molar-refractivity contribution is 6.31. The van der Waals surface area contributed by atoms with Crippen LogP contribution in [-0.4, -0.2) is 27.2 Å². The smallest absolute Gasteiger partial charge is 0.312 e. The van der Waals surface area contributed by atoms with Crippen LogP contribution in [0.15, 0.2) is 18.2 Å². The summed E-state index contributed by atoms with van der Waals surface area (Å²) in [5.74, 6) is -0.955. The molecule has 0 saturated carbocycles. The monoisotopic (exact) mass is 292 g/mol. The molecule has 0 atom stereocenters. The third kappa shape index (κ3) is 2.56. The van der Waals surface area contributed by atoms with E-state index in [-0.39, 0.29) is 12.6 Å².